The summed E-state index contributed by atoms with van der Waals surface area (Å²) < 4.78 is 0. The van der Waals surface area contributed by atoms with Crippen molar-refractivity contribution in [2.24, 2.45) is 0 Å². The molecular formula is C27H19N. The molecule has 0 amide bonds. The third-order valence-electron chi connectivity index (χ3n) is 4.74. The van der Waals surface area contributed by atoms with Gasteiger partial charge in [0.05, 0.1) is 11.6 Å². The summed E-state index contributed by atoms with van der Waals surface area (Å²) >= 11 is 0. The van der Waals surface area contributed by atoms with Gasteiger partial charge in [0.1, 0.15) is 0 Å². The van der Waals surface area contributed by atoms with Crippen LogP contribution in [0.2, 0.25) is 0 Å². The molecule has 4 rings (SSSR count). The Balaban J connectivity index is 1.68. The fraction of sp³-hybridized carbons (Fsp3) is 0. The van der Waals surface area contributed by atoms with E-state index >= 15 is 0 Å². The number of rotatable bonds is 4. The van der Waals surface area contributed by atoms with Crippen LogP contribution in [0.3, 0.4) is 0 Å². The number of hydrogen-bond donors (Lipinski definition) is 0. The zero-order valence-electron chi connectivity index (χ0n) is 15.4. The molecule has 132 valence electrons. The van der Waals surface area contributed by atoms with Crippen LogP contribution >= 0.6 is 0 Å². The Bertz CT molecular complexity index is 1190. The summed E-state index contributed by atoms with van der Waals surface area (Å²) in [6.07, 6.45) is 8.54. The van der Waals surface area contributed by atoms with Gasteiger partial charge in [0, 0.05) is 0 Å². The van der Waals surface area contributed by atoms with E-state index in [1.54, 1.807) is 0 Å². The molecule has 0 atom stereocenters. The molecule has 0 N–H and O–H groups in total. The van der Waals surface area contributed by atoms with E-state index in [4.69, 9.17) is 5.26 Å². The highest BCUT2D eigenvalue weighted by molar-refractivity contribution is 5.99. The van der Waals surface area contributed by atoms with Crippen molar-refractivity contribution in [1.82, 2.24) is 0 Å². The Morgan fingerprint density at radius 1 is 0.500 bits per heavy atom. The van der Waals surface area contributed by atoms with Crippen LogP contribution < -0.4 is 0 Å². The zero-order valence-corrected chi connectivity index (χ0v) is 15.4. The monoisotopic (exact) mass is 357 g/mol. The molecule has 0 saturated carbocycles. The standard InChI is InChI=1S/C27H19N/c28-20-23-12-10-22(11-13-23)15-17-25-19-18-24(26-8-4-5-9-27(25)26)16-14-21-6-2-1-3-7-21/h1-19H. The van der Waals surface area contributed by atoms with Crippen LogP contribution in [0.25, 0.3) is 35.1 Å². The lowest BCUT2D eigenvalue weighted by Gasteiger charge is -2.06. The second-order valence-electron chi connectivity index (χ2n) is 6.60. The van der Waals surface area contributed by atoms with Gasteiger partial charge < -0.3 is 0 Å². The maximum atomic E-state index is 8.92. The van der Waals surface area contributed by atoms with Crippen molar-refractivity contribution in [3.63, 3.8) is 0 Å². The first-order valence-corrected chi connectivity index (χ1v) is 9.27. The van der Waals surface area contributed by atoms with Crippen molar-refractivity contribution in [2.75, 3.05) is 0 Å². The van der Waals surface area contributed by atoms with Crippen molar-refractivity contribution in [3.05, 3.63) is 119 Å². The minimum absolute atomic E-state index is 0.678. The van der Waals surface area contributed by atoms with E-state index in [9.17, 15) is 0 Å². The van der Waals surface area contributed by atoms with E-state index in [2.05, 4.69) is 91.0 Å². The van der Waals surface area contributed by atoms with Crippen LogP contribution in [0.15, 0.2) is 91.0 Å². The highest BCUT2D eigenvalue weighted by atomic mass is 14.2. The molecule has 0 fully saturated rings. The minimum Gasteiger partial charge on any atom is -0.192 e. The van der Waals surface area contributed by atoms with Gasteiger partial charge in [-0.3, -0.25) is 0 Å². The van der Waals surface area contributed by atoms with Crippen molar-refractivity contribution in [1.29, 1.82) is 5.26 Å². The zero-order chi connectivity index (χ0) is 19.2. The number of fused-ring (bicyclic) bond motifs is 1. The summed E-state index contributed by atoms with van der Waals surface area (Å²) in [6.45, 7) is 0. The second kappa shape index (κ2) is 8.20. The van der Waals surface area contributed by atoms with Crippen LogP contribution in [0.4, 0.5) is 0 Å². The van der Waals surface area contributed by atoms with E-state index in [0.29, 0.717) is 5.56 Å². The van der Waals surface area contributed by atoms with Gasteiger partial charge in [0.25, 0.3) is 0 Å². The van der Waals surface area contributed by atoms with Crippen molar-refractivity contribution in [2.45, 2.75) is 0 Å². The number of nitrogens with zero attached hydrogens (tertiary/aromatic N) is 1. The van der Waals surface area contributed by atoms with Gasteiger partial charge >= 0.3 is 0 Å². The van der Waals surface area contributed by atoms with E-state index in [0.717, 1.165) is 5.56 Å². The van der Waals surface area contributed by atoms with Crippen LogP contribution in [0.1, 0.15) is 27.8 Å². The summed E-state index contributed by atoms with van der Waals surface area (Å²) in [5.41, 5.74) is 5.33. The molecule has 0 heterocycles. The third kappa shape index (κ3) is 3.92. The van der Waals surface area contributed by atoms with Crippen LogP contribution in [0.5, 0.6) is 0 Å². The molecule has 0 aliphatic heterocycles. The highest BCUT2D eigenvalue weighted by Gasteiger charge is 2.02. The lowest BCUT2D eigenvalue weighted by atomic mass is 9.98. The quantitative estimate of drug-likeness (QED) is 0.359. The van der Waals surface area contributed by atoms with Crippen molar-refractivity contribution < 1.29 is 0 Å². The van der Waals surface area contributed by atoms with Gasteiger partial charge in [0.15, 0.2) is 0 Å². The molecule has 28 heavy (non-hydrogen) atoms. The molecule has 0 radical (unpaired) electrons. The SMILES string of the molecule is N#Cc1ccc(C=Cc2ccc(C=Cc3ccccc3)c3ccccc23)cc1. The molecule has 0 aliphatic carbocycles. The molecule has 1 nitrogen and oxygen atoms in total. The minimum atomic E-state index is 0.678. The lowest BCUT2D eigenvalue weighted by Crippen LogP contribution is -1.83. The molecule has 0 bridgehead atoms. The largest absolute Gasteiger partial charge is 0.192 e. The fourth-order valence-corrected chi connectivity index (χ4v) is 3.24. The maximum Gasteiger partial charge on any atom is 0.0991 e. The molecule has 1 heteroatoms. The van der Waals surface area contributed by atoms with Crippen LogP contribution in [0, 0.1) is 11.3 Å². The Kier molecular flexibility index (Phi) is 5.13. The van der Waals surface area contributed by atoms with Gasteiger partial charge in [-0.2, -0.15) is 5.26 Å². The molecule has 0 saturated heterocycles. The normalized spacial score (nSPS) is 11.2. The summed E-state index contributed by atoms with van der Waals surface area (Å²) in [5, 5.41) is 11.4. The Hall–Kier alpha value is -3.89. The topological polar surface area (TPSA) is 23.8 Å². The first-order chi connectivity index (χ1) is 13.8. The second-order valence-corrected chi connectivity index (χ2v) is 6.60. The molecule has 4 aromatic rings. The highest BCUT2D eigenvalue weighted by Crippen LogP contribution is 2.26. The number of hydrogen-bond acceptors (Lipinski definition) is 1. The van der Waals surface area contributed by atoms with Gasteiger partial charge in [-0.15, -0.1) is 0 Å². The number of benzene rings is 4. The first-order valence-electron chi connectivity index (χ1n) is 9.27. The van der Waals surface area contributed by atoms with Gasteiger partial charge in [-0.25, -0.2) is 0 Å². The van der Waals surface area contributed by atoms with Crippen molar-refractivity contribution >= 4 is 35.1 Å². The van der Waals surface area contributed by atoms with Gasteiger partial charge in [0.2, 0.25) is 0 Å². The van der Waals surface area contributed by atoms with Crippen molar-refractivity contribution in [3.8, 4) is 6.07 Å². The van der Waals surface area contributed by atoms with Crippen LogP contribution in [-0.4, -0.2) is 0 Å². The number of nitriles is 1. The van der Waals surface area contributed by atoms with E-state index in [1.807, 2.05) is 30.3 Å². The molecular weight excluding hydrogens is 338 g/mol. The van der Waals surface area contributed by atoms with Gasteiger partial charge in [-0.05, 0) is 45.2 Å². The Morgan fingerprint density at radius 2 is 1.00 bits per heavy atom. The molecule has 0 aliphatic rings. The summed E-state index contributed by atoms with van der Waals surface area (Å²) in [7, 11) is 0. The average Bonchev–Trinajstić information content (AvgIpc) is 2.77. The molecule has 4 aromatic carbocycles. The summed E-state index contributed by atoms with van der Waals surface area (Å²) in [4.78, 5) is 0. The Labute approximate surface area is 165 Å². The van der Waals surface area contributed by atoms with Crippen LogP contribution in [-0.2, 0) is 0 Å². The van der Waals surface area contributed by atoms with E-state index in [-0.39, 0.29) is 0 Å². The average molecular weight is 357 g/mol. The van der Waals surface area contributed by atoms with E-state index < -0.39 is 0 Å². The third-order valence-corrected chi connectivity index (χ3v) is 4.74. The predicted molar refractivity (Wildman–Crippen MR) is 119 cm³/mol. The summed E-state index contributed by atoms with van der Waals surface area (Å²) in [6, 6.07) is 32.9. The predicted octanol–water partition coefficient (Wildman–Crippen LogP) is 7.05. The van der Waals surface area contributed by atoms with E-state index in [1.165, 1.54) is 27.5 Å². The molecule has 0 spiro atoms. The Morgan fingerprint density at radius 3 is 1.54 bits per heavy atom. The molecule has 0 unspecified atom stereocenters. The smallest absolute Gasteiger partial charge is 0.0991 e. The first kappa shape index (κ1) is 17.5. The maximum absolute atomic E-state index is 8.92. The summed E-state index contributed by atoms with van der Waals surface area (Å²) in [5.74, 6) is 0. The fourth-order valence-electron chi connectivity index (χ4n) is 3.24. The van der Waals surface area contributed by atoms with Gasteiger partial charge in [-0.1, -0.05) is 103 Å². The lowest BCUT2D eigenvalue weighted by molar-refractivity contribution is 1.48. The molecule has 0 aromatic heterocycles.